The molecule has 0 aliphatic rings. The Hall–Kier alpha value is -0.260. The van der Waals surface area contributed by atoms with E-state index in [0.29, 0.717) is 0 Å². The fraction of sp³-hybridized carbons (Fsp3) is 0.750. The zero-order chi connectivity index (χ0) is 10.6. The summed E-state index contributed by atoms with van der Waals surface area (Å²) in [5, 5.41) is 12.3. The fourth-order valence-corrected chi connectivity index (χ4v) is 0.543. The molecule has 0 unspecified atom stereocenters. The number of carboxylic acid groups (broad SMARTS) is 1. The van der Waals surface area contributed by atoms with Gasteiger partial charge in [0, 0.05) is 0 Å². The molecule has 0 aromatic carbocycles. The van der Waals surface area contributed by atoms with Crippen LogP contribution in [0.1, 0.15) is 27.7 Å². The molecule has 0 spiro atoms. The number of rotatable bonds is 2. The molecule has 0 aromatic rings. The molecule has 0 saturated heterocycles. The Morgan fingerprint density at radius 2 is 1.79 bits per heavy atom. The first kappa shape index (κ1) is 16.2. The maximum Gasteiger partial charge on any atom is 1.00 e. The van der Waals surface area contributed by atoms with Crippen LogP contribution in [0.15, 0.2) is 0 Å². The maximum atomic E-state index is 10.9. The van der Waals surface area contributed by atoms with E-state index in [-0.39, 0.29) is 29.6 Å². The molecule has 0 saturated carbocycles. The third-order valence-electron chi connectivity index (χ3n) is 1.09. The van der Waals surface area contributed by atoms with E-state index in [0.717, 1.165) is 0 Å². The molecule has 0 heterocycles. The third-order valence-corrected chi connectivity index (χ3v) is 1.09. The monoisotopic (exact) mass is 211 g/mol. The van der Waals surface area contributed by atoms with Gasteiger partial charge in [-0.05, 0) is 27.7 Å². The van der Waals surface area contributed by atoms with Crippen LogP contribution in [0, 0.1) is 0 Å². The van der Waals surface area contributed by atoms with Gasteiger partial charge in [-0.1, -0.05) is 0 Å². The van der Waals surface area contributed by atoms with Crippen LogP contribution in [0.2, 0.25) is 0 Å². The van der Waals surface area contributed by atoms with Crippen molar-refractivity contribution in [3.05, 3.63) is 0 Å². The molecule has 0 bridgehead atoms. The average Bonchev–Trinajstić information content (AvgIpc) is 1.81. The van der Waals surface area contributed by atoms with E-state index in [2.05, 4.69) is 5.32 Å². The van der Waals surface area contributed by atoms with Gasteiger partial charge in [0.2, 0.25) is 0 Å². The summed E-state index contributed by atoms with van der Waals surface area (Å²) in [4.78, 5) is 21.2. The van der Waals surface area contributed by atoms with Crippen molar-refractivity contribution in [3.8, 4) is 0 Å². The summed E-state index contributed by atoms with van der Waals surface area (Å²) in [6.07, 6.45) is -0.760. The summed E-state index contributed by atoms with van der Waals surface area (Å²) in [6, 6.07) is -1.05. The molecular weight excluding hydrogens is 197 g/mol. The zero-order valence-corrected chi connectivity index (χ0v) is 11.2. The van der Waals surface area contributed by atoms with Gasteiger partial charge in [-0.3, -0.25) is 0 Å². The van der Waals surface area contributed by atoms with Gasteiger partial charge in [0.05, 0.1) is 12.0 Å². The first-order valence-electron chi connectivity index (χ1n) is 3.93. The molecule has 6 heteroatoms. The third kappa shape index (κ3) is 8.34. The van der Waals surface area contributed by atoms with Gasteiger partial charge in [-0.25, -0.2) is 4.79 Å². The second-order valence-electron chi connectivity index (χ2n) is 3.69. The summed E-state index contributed by atoms with van der Waals surface area (Å²) >= 11 is 0. The number of carbonyl (C=O) groups excluding carboxylic acids is 2. The molecule has 0 aromatic heterocycles. The number of carbonyl (C=O) groups is 2. The second kappa shape index (κ2) is 6.27. The van der Waals surface area contributed by atoms with Crippen molar-refractivity contribution >= 4 is 12.1 Å². The normalized spacial score (nSPS) is 12.3. The van der Waals surface area contributed by atoms with Crippen LogP contribution in [0.25, 0.3) is 0 Å². The van der Waals surface area contributed by atoms with E-state index >= 15 is 0 Å². The number of amides is 1. The Balaban J connectivity index is 0. The number of hydrogen-bond acceptors (Lipinski definition) is 4. The Bertz CT molecular complexity index is 212. The summed E-state index contributed by atoms with van der Waals surface area (Å²) in [6.45, 7) is 6.38. The van der Waals surface area contributed by atoms with Crippen LogP contribution in [0.5, 0.6) is 0 Å². The van der Waals surface area contributed by atoms with Gasteiger partial charge in [-0.2, -0.15) is 0 Å². The maximum absolute atomic E-state index is 10.9. The van der Waals surface area contributed by atoms with Crippen LogP contribution in [0.3, 0.4) is 0 Å². The number of ether oxygens (including phenoxy) is 1. The van der Waals surface area contributed by atoms with Crippen LogP contribution in [-0.4, -0.2) is 23.7 Å². The zero-order valence-electron chi connectivity index (χ0n) is 9.21. The van der Waals surface area contributed by atoms with Gasteiger partial charge in [0.25, 0.3) is 0 Å². The Labute approximate surface area is 105 Å². The molecule has 14 heavy (non-hydrogen) atoms. The quantitative estimate of drug-likeness (QED) is 0.484. The predicted molar refractivity (Wildman–Crippen MR) is 43.8 cm³/mol. The summed E-state index contributed by atoms with van der Waals surface area (Å²) < 4.78 is 4.82. The van der Waals surface area contributed by atoms with Crippen LogP contribution in [-0.2, 0) is 9.53 Å². The summed E-state index contributed by atoms with van der Waals surface area (Å²) in [7, 11) is 0. The molecule has 0 aliphatic heterocycles. The van der Waals surface area contributed by atoms with Crippen molar-refractivity contribution in [2.24, 2.45) is 0 Å². The molecule has 0 radical (unpaired) electrons. The Morgan fingerprint density at radius 3 is 2.07 bits per heavy atom. The predicted octanol–water partition coefficient (Wildman–Crippen LogP) is -3.35. The minimum absolute atomic E-state index is 0. The number of alkyl carbamates (subject to hydrolysis) is 1. The molecule has 1 atom stereocenters. The molecule has 0 fully saturated rings. The number of aliphatic carboxylic acids is 1. The number of carboxylic acids is 1. The topological polar surface area (TPSA) is 78.5 Å². The molecule has 0 aliphatic carbocycles. The molecule has 76 valence electrons. The average molecular weight is 211 g/mol. The van der Waals surface area contributed by atoms with Crippen molar-refractivity contribution in [1.82, 2.24) is 5.32 Å². The van der Waals surface area contributed by atoms with Gasteiger partial charge < -0.3 is 20.0 Å². The molecular formula is C8H14NNaO4. The van der Waals surface area contributed by atoms with Crippen LogP contribution in [0.4, 0.5) is 4.79 Å². The summed E-state index contributed by atoms with van der Waals surface area (Å²) in [5.74, 6) is -1.34. The minimum Gasteiger partial charge on any atom is -0.548 e. The largest absolute Gasteiger partial charge is 1.00 e. The number of hydrogen-bond donors (Lipinski definition) is 1. The van der Waals surface area contributed by atoms with Crippen molar-refractivity contribution in [3.63, 3.8) is 0 Å². The van der Waals surface area contributed by atoms with E-state index in [9.17, 15) is 14.7 Å². The van der Waals surface area contributed by atoms with Gasteiger partial charge in [0.15, 0.2) is 0 Å². The van der Waals surface area contributed by atoms with Crippen molar-refractivity contribution in [2.75, 3.05) is 0 Å². The first-order valence-corrected chi connectivity index (χ1v) is 3.93. The minimum atomic E-state index is -1.34. The van der Waals surface area contributed by atoms with E-state index in [1.807, 2.05) is 0 Å². The van der Waals surface area contributed by atoms with Crippen LogP contribution < -0.4 is 40.0 Å². The van der Waals surface area contributed by atoms with Crippen molar-refractivity contribution in [1.29, 1.82) is 0 Å². The standard InChI is InChI=1S/C8H15NO4.Na/c1-5(6(10)11)9-7(12)13-8(2,3)4;/h5H,1-4H3,(H,9,12)(H,10,11);/q;+1/p-1/t5-;/m0./s1. The van der Waals surface area contributed by atoms with Gasteiger partial charge in [-0.15, -0.1) is 0 Å². The number of nitrogens with one attached hydrogen (secondary N) is 1. The van der Waals surface area contributed by atoms with E-state index < -0.39 is 23.7 Å². The second-order valence-corrected chi connectivity index (χ2v) is 3.69. The van der Waals surface area contributed by atoms with E-state index in [1.54, 1.807) is 20.8 Å². The molecule has 5 nitrogen and oxygen atoms in total. The molecule has 1 amide bonds. The van der Waals surface area contributed by atoms with E-state index in [4.69, 9.17) is 4.74 Å². The van der Waals surface area contributed by atoms with Gasteiger partial charge >= 0.3 is 35.7 Å². The van der Waals surface area contributed by atoms with E-state index in [1.165, 1.54) is 6.92 Å². The van der Waals surface area contributed by atoms with Crippen LogP contribution >= 0.6 is 0 Å². The van der Waals surface area contributed by atoms with Crippen molar-refractivity contribution in [2.45, 2.75) is 39.3 Å². The van der Waals surface area contributed by atoms with Crippen molar-refractivity contribution < 1.29 is 49.0 Å². The molecule has 1 N–H and O–H groups in total. The smallest absolute Gasteiger partial charge is 0.548 e. The fourth-order valence-electron chi connectivity index (χ4n) is 0.543. The first-order chi connectivity index (χ1) is 5.72. The Kier molecular flexibility index (Phi) is 7.24. The summed E-state index contributed by atoms with van der Waals surface area (Å²) in [5.41, 5.74) is -0.629. The Morgan fingerprint density at radius 1 is 1.36 bits per heavy atom. The molecule has 0 rings (SSSR count). The van der Waals surface area contributed by atoms with Gasteiger partial charge in [0.1, 0.15) is 5.60 Å². The SMILES string of the molecule is C[C@H](NC(=O)OC(C)(C)C)C(=O)[O-].[Na+].